The molecule has 1 aliphatic heterocycles. The van der Waals surface area contributed by atoms with Gasteiger partial charge >= 0.3 is 6.09 Å². The van der Waals surface area contributed by atoms with E-state index in [0.717, 1.165) is 0 Å². The van der Waals surface area contributed by atoms with Gasteiger partial charge in [0.15, 0.2) is 0 Å². The number of carbonyl (C=O) groups is 1. The monoisotopic (exact) mass is 403 g/mol. The molecule has 154 valence electrons. The topological polar surface area (TPSA) is 97.7 Å². The number of fused-ring (bicyclic) bond motifs is 3. The molecule has 1 aromatic carbocycles. The Hall–Kier alpha value is -3.10. The summed E-state index contributed by atoms with van der Waals surface area (Å²) in [6, 6.07) is 4.38. The van der Waals surface area contributed by atoms with E-state index in [1.54, 1.807) is 39.0 Å². The molecule has 29 heavy (non-hydrogen) atoms. The van der Waals surface area contributed by atoms with Gasteiger partial charge in [0, 0.05) is 6.42 Å². The van der Waals surface area contributed by atoms with Gasteiger partial charge in [-0.2, -0.15) is 0 Å². The van der Waals surface area contributed by atoms with Gasteiger partial charge in [-0.05, 0) is 39.0 Å². The average Bonchev–Trinajstić information content (AvgIpc) is 3.21. The van der Waals surface area contributed by atoms with Crippen LogP contribution in [0.1, 0.15) is 39.1 Å². The van der Waals surface area contributed by atoms with Crippen molar-refractivity contribution in [2.24, 2.45) is 0 Å². The van der Waals surface area contributed by atoms with Crippen molar-refractivity contribution in [1.82, 2.24) is 14.9 Å². The minimum absolute atomic E-state index is 0.0206. The summed E-state index contributed by atoms with van der Waals surface area (Å²) in [5, 5.41) is 0.602. The van der Waals surface area contributed by atoms with Crippen LogP contribution in [0.3, 0.4) is 0 Å². The van der Waals surface area contributed by atoms with Gasteiger partial charge in [0.1, 0.15) is 34.4 Å². The zero-order chi connectivity index (χ0) is 20.9. The van der Waals surface area contributed by atoms with Gasteiger partial charge in [0.2, 0.25) is 5.58 Å². The van der Waals surface area contributed by atoms with Crippen molar-refractivity contribution in [3.8, 4) is 5.75 Å². The number of hydrogen-bond acceptors (Lipinski definition) is 6. The van der Waals surface area contributed by atoms with Crippen LogP contribution in [0.15, 0.2) is 27.4 Å². The number of nitrogens with zero attached hydrogens (tertiary/aromatic N) is 2. The fraction of sp³-hybridized carbons (Fsp3) is 0.450. The lowest BCUT2D eigenvalue weighted by atomic mass is 10.2. The maximum Gasteiger partial charge on any atom is 0.411 e. The molecule has 0 saturated carbocycles. The summed E-state index contributed by atoms with van der Waals surface area (Å²) in [4.78, 5) is 33.6. The fourth-order valence-corrected chi connectivity index (χ4v) is 3.50. The SMILES string of the molecule is COc1ccc2oc3c(=O)[nH]c(C4CC(F)CN4C(=O)OC(C)(C)C)nc3c2c1. The highest BCUT2D eigenvalue weighted by Crippen LogP contribution is 2.35. The first-order chi connectivity index (χ1) is 13.7. The number of amides is 1. The number of hydrogen-bond donors (Lipinski definition) is 1. The first-order valence-electron chi connectivity index (χ1n) is 9.30. The Kier molecular flexibility index (Phi) is 4.48. The Labute approximate surface area is 165 Å². The standard InChI is InChI=1S/C20H22FN3O5/c1-20(2,3)29-19(26)24-9-10(21)7-13(24)17-22-15-12-8-11(27-4)5-6-14(12)28-16(15)18(25)23-17/h5-6,8,10,13H,7,9H2,1-4H3,(H,22,23,25). The number of furan rings is 1. The molecular formula is C20H22FN3O5. The number of alkyl halides is 1. The van der Waals surface area contributed by atoms with Crippen molar-refractivity contribution in [3.05, 3.63) is 34.4 Å². The predicted octanol–water partition coefficient (Wildman–Crippen LogP) is 3.70. The lowest BCUT2D eigenvalue weighted by molar-refractivity contribution is 0.0210. The van der Waals surface area contributed by atoms with E-state index in [4.69, 9.17) is 13.9 Å². The number of likely N-dealkylation sites (tertiary alicyclic amines) is 1. The summed E-state index contributed by atoms with van der Waals surface area (Å²) >= 11 is 0. The van der Waals surface area contributed by atoms with E-state index in [1.165, 1.54) is 12.0 Å². The molecule has 1 aliphatic rings. The van der Waals surface area contributed by atoms with Crippen LogP contribution in [0.4, 0.5) is 9.18 Å². The van der Waals surface area contributed by atoms with Gasteiger partial charge in [-0.15, -0.1) is 0 Å². The van der Waals surface area contributed by atoms with Crippen molar-refractivity contribution in [2.45, 2.75) is 45.0 Å². The van der Waals surface area contributed by atoms with Crippen LogP contribution in [0.2, 0.25) is 0 Å². The van der Waals surface area contributed by atoms with Crippen LogP contribution in [0, 0.1) is 0 Å². The maximum absolute atomic E-state index is 14.2. The maximum atomic E-state index is 14.2. The number of aromatic amines is 1. The Morgan fingerprint density at radius 2 is 2.14 bits per heavy atom. The third-order valence-corrected chi connectivity index (χ3v) is 4.74. The zero-order valence-corrected chi connectivity index (χ0v) is 16.6. The highest BCUT2D eigenvalue weighted by molar-refractivity contribution is 6.02. The average molecular weight is 403 g/mol. The molecule has 1 amide bonds. The van der Waals surface area contributed by atoms with E-state index in [0.29, 0.717) is 22.2 Å². The van der Waals surface area contributed by atoms with E-state index in [9.17, 15) is 14.0 Å². The number of rotatable bonds is 2. The van der Waals surface area contributed by atoms with Crippen LogP contribution in [0.5, 0.6) is 5.75 Å². The second kappa shape index (κ2) is 6.75. The van der Waals surface area contributed by atoms with Crippen LogP contribution < -0.4 is 10.3 Å². The van der Waals surface area contributed by atoms with Crippen LogP contribution >= 0.6 is 0 Å². The summed E-state index contributed by atoms with van der Waals surface area (Å²) in [5.74, 6) is 0.780. The number of H-pyrrole nitrogens is 1. The molecule has 1 fully saturated rings. The zero-order valence-electron chi connectivity index (χ0n) is 16.6. The molecule has 9 heteroatoms. The van der Waals surface area contributed by atoms with Crippen molar-refractivity contribution in [3.63, 3.8) is 0 Å². The number of methoxy groups -OCH3 is 1. The Bertz CT molecular complexity index is 1150. The molecule has 4 rings (SSSR count). The van der Waals surface area contributed by atoms with Crippen molar-refractivity contribution >= 4 is 28.2 Å². The molecule has 0 aliphatic carbocycles. The molecule has 3 heterocycles. The first-order valence-corrected chi connectivity index (χ1v) is 9.30. The number of benzene rings is 1. The largest absolute Gasteiger partial charge is 0.497 e. The molecule has 1 N–H and O–H groups in total. The van der Waals surface area contributed by atoms with E-state index in [1.807, 2.05) is 0 Å². The number of aromatic nitrogens is 2. The number of halogens is 1. The normalized spacial score (nSPS) is 19.8. The summed E-state index contributed by atoms with van der Waals surface area (Å²) < 4.78 is 30.5. The van der Waals surface area contributed by atoms with Gasteiger partial charge in [-0.3, -0.25) is 9.69 Å². The van der Waals surface area contributed by atoms with Gasteiger partial charge in [-0.1, -0.05) is 0 Å². The fourth-order valence-electron chi connectivity index (χ4n) is 3.50. The minimum atomic E-state index is -1.24. The molecular weight excluding hydrogens is 381 g/mol. The lowest BCUT2D eigenvalue weighted by Crippen LogP contribution is -2.37. The Morgan fingerprint density at radius 3 is 2.83 bits per heavy atom. The minimum Gasteiger partial charge on any atom is -0.497 e. The molecule has 0 spiro atoms. The van der Waals surface area contributed by atoms with Crippen LogP contribution in [-0.4, -0.2) is 46.4 Å². The highest BCUT2D eigenvalue weighted by atomic mass is 19.1. The summed E-state index contributed by atoms with van der Waals surface area (Å²) in [6.45, 7) is 5.08. The number of ether oxygens (including phenoxy) is 2. The smallest absolute Gasteiger partial charge is 0.411 e. The van der Waals surface area contributed by atoms with Crippen molar-refractivity contribution < 1.29 is 23.1 Å². The first kappa shape index (κ1) is 19.2. The van der Waals surface area contributed by atoms with Crippen molar-refractivity contribution in [1.29, 1.82) is 0 Å². The van der Waals surface area contributed by atoms with Gasteiger partial charge in [0.25, 0.3) is 5.56 Å². The molecule has 2 unspecified atom stereocenters. The molecule has 8 nitrogen and oxygen atoms in total. The summed E-state index contributed by atoms with van der Waals surface area (Å²) in [5.41, 5.74) is -0.334. The second-order valence-electron chi connectivity index (χ2n) is 8.07. The van der Waals surface area contributed by atoms with E-state index in [-0.39, 0.29) is 24.4 Å². The highest BCUT2D eigenvalue weighted by Gasteiger charge is 2.40. The predicted molar refractivity (Wildman–Crippen MR) is 104 cm³/mol. The van der Waals surface area contributed by atoms with E-state index in [2.05, 4.69) is 9.97 Å². The molecule has 3 aromatic rings. The summed E-state index contributed by atoms with van der Waals surface area (Å²) in [6.07, 6.45) is -1.87. The third kappa shape index (κ3) is 3.52. The molecule has 2 atom stereocenters. The number of nitrogens with one attached hydrogen (secondary N) is 1. The van der Waals surface area contributed by atoms with E-state index >= 15 is 0 Å². The van der Waals surface area contributed by atoms with Gasteiger partial charge < -0.3 is 18.9 Å². The summed E-state index contributed by atoms with van der Waals surface area (Å²) in [7, 11) is 1.54. The number of carbonyl (C=O) groups excluding carboxylic acids is 1. The van der Waals surface area contributed by atoms with Gasteiger partial charge in [0.05, 0.1) is 25.1 Å². The quantitative estimate of drug-likeness (QED) is 0.701. The van der Waals surface area contributed by atoms with Gasteiger partial charge in [-0.25, -0.2) is 14.2 Å². The third-order valence-electron chi connectivity index (χ3n) is 4.74. The lowest BCUT2D eigenvalue weighted by Gasteiger charge is -2.27. The van der Waals surface area contributed by atoms with Crippen molar-refractivity contribution in [2.75, 3.05) is 13.7 Å². The molecule has 2 aromatic heterocycles. The second-order valence-corrected chi connectivity index (χ2v) is 8.07. The molecule has 1 saturated heterocycles. The van der Waals surface area contributed by atoms with Crippen LogP contribution in [0.25, 0.3) is 22.1 Å². The Morgan fingerprint density at radius 1 is 1.38 bits per heavy atom. The van der Waals surface area contributed by atoms with Crippen LogP contribution in [-0.2, 0) is 4.74 Å². The Balaban J connectivity index is 1.80. The molecule has 0 bridgehead atoms. The van der Waals surface area contributed by atoms with E-state index < -0.39 is 29.5 Å². The molecule has 0 radical (unpaired) electrons.